The molecule has 2 atom stereocenters. The predicted octanol–water partition coefficient (Wildman–Crippen LogP) is 3.17. The number of phenols is 1. The Bertz CT molecular complexity index is 692. The van der Waals surface area contributed by atoms with Crippen molar-refractivity contribution in [3.05, 3.63) is 72.0 Å². The number of carbonyl (C=O) groups is 1. The lowest BCUT2D eigenvalue weighted by molar-refractivity contribution is -0.121. The fourth-order valence-electron chi connectivity index (χ4n) is 2.60. The zero-order valence-electron chi connectivity index (χ0n) is 11.9. The molecule has 0 unspecified atom stereocenters. The minimum absolute atomic E-state index is 0.0607. The van der Waals surface area contributed by atoms with Crippen molar-refractivity contribution >= 4 is 11.6 Å². The van der Waals surface area contributed by atoms with E-state index >= 15 is 0 Å². The zero-order chi connectivity index (χ0) is 15.5. The van der Waals surface area contributed by atoms with Gasteiger partial charge in [0.25, 0.3) is 0 Å². The van der Waals surface area contributed by atoms with E-state index < -0.39 is 0 Å². The summed E-state index contributed by atoms with van der Waals surface area (Å²) in [4.78, 5) is 12.3. The molecule has 4 nitrogen and oxygen atoms in total. The van der Waals surface area contributed by atoms with Crippen LogP contribution in [0.1, 0.15) is 23.5 Å². The van der Waals surface area contributed by atoms with Gasteiger partial charge in [-0.15, -0.1) is 0 Å². The van der Waals surface area contributed by atoms with Crippen LogP contribution in [0.5, 0.6) is 5.75 Å². The topological polar surface area (TPSA) is 69.6 Å². The van der Waals surface area contributed by atoms with Crippen LogP contribution in [0, 0.1) is 5.92 Å². The van der Waals surface area contributed by atoms with E-state index in [0.717, 1.165) is 12.7 Å². The van der Waals surface area contributed by atoms with Crippen LogP contribution in [0.3, 0.4) is 0 Å². The number of amides is 1. The molecule has 2 aromatic carbocycles. The van der Waals surface area contributed by atoms with Crippen molar-refractivity contribution in [1.82, 2.24) is 5.32 Å². The van der Waals surface area contributed by atoms with Crippen molar-refractivity contribution in [1.29, 1.82) is 0 Å². The first-order chi connectivity index (χ1) is 10.7. The van der Waals surface area contributed by atoms with Crippen LogP contribution in [-0.4, -0.2) is 16.1 Å². The Morgan fingerprint density at radius 3 is 2.41 bits per heavy atom. The van der Waals surface area contributed by atoms with E-state index in [-0.39, 0.29) is 23.5 Å². The Labute approximate surface area is 128 Å². The fraction of sp³-hybridized carbons (Fsp3) is 0.167. The Morgan fingerprint density at radius 2 is 1.77 bits per heavy atom. The van der Waals surface area contributed by atoms with Crippen LogP contribution >= 0.6 is 0 Å². The molecule has 2 aromatic rings. The summed E-state index contributed by atoms with van der Waals surface area (Å²) in [6, 6.07) is 16.2. The van der Waals surface area contributed by atoms with Crippen LogP contribution < -0.4 is 5.32 Å². The van der Waals surface area contributed by atoms with Gasteiger partial charge in [0.15, 0.2) is 0 Å². The Kier molecular flexibility index (Phi) is 3.83. The average Bonchev–Trinajstić information content (AvgIpc) is 3.35. The summed E-state index contributed by atoms with van der Waals surface area (Å²) >= 11 is 0. The first kappa shape index (κ1) is 14.2. The van der Waals surface area contributed by atoms with E-state index in [1.807, 2.05) is 30.3 Å². The second kappa shape index (κ2) is 5.93. The van der Waals surface area contributed by atoms with Gasteiger partial charge in [-0.1, -0.05) is 30.3 Å². The van der Waals surface area contributed by atoms with Crippen LogP contribution in [0.25, 0.3) is 5.70 Å². The Hall–Kier alpha value is -2.75. The third-order valence-electron chi connectivity index (χ3n) is 3.92. The second-order valence-corrected chi connectivity index (χ2v) is 5.44. The molecule has 0 saturated heterocycles. The highest BCUT2D eigenvalue weighted by molar-refractivity contribution is 5.90. The summed E-state index contributed by atoms with van der Waals surface area (Å²) in [6.45, 7) is 0. The molecule has 0 aromatic heterocycles. The largest absolute Gasteiger partial charge is 0.513 e. The molecule has 0 aliphatic heterocycles. The number of hydrogen-bond donors (Lipinski definition) is 3. The van der Waals surface area contributed by atoms with E-state index in [1.54, 1.807) is 12.1 Å². The van der Waals surface area contributed by atoms with E-state index in [4.69, 9.17) is 0 Å². The first-order valence-corrected chi connectivity index (χ1v) is 7.18. The lowest BCUT2D eigenvalue weighted by atomic mass is 10.1. The molecule has 0 spiro atoms. The molecule has 3 N–H and O–H groups in total. The van der Waals surface area contributed by atoms with Crippen molar-refractivity contribution in [2.24, 2.45) is 5.92 Å². The standard InChI is InChI=1S/C18H17NO3/c20-11-17(13-6-8-14(21)9-7-13)19-18(22)16-10-15(16)12-4-2-1-3-5-12/h1-9,11,15-16,20-21H,10H2,(H,19,22)/b17-11+/t15-,16+/m1/s1. The van der Waals surface area contributed by atoms with E-state index in [0.29, 0.717) is 11.3 Å². The quantitative estimate of drug-likeness (QED) is 0.759. The minimum Gasteiger partial charge on any atom is -0.513 e. The molecule has 1 fully saturated rings. The van der Waals surface area contributed by atoms with Gasteiger partial charge in [0.2, 0.25) is 5.91 Å². The zero-order valence-corrected chi connectivity index (χ0v) is 11.9. The van der Waals surface area contributed by atoms with Gasteiger partial charge in [0.05, 0.1) is 5.70 Å². The number of rotatable bonds is 4. The van der Waals surface area contributed by atoms with Crippen molar-refractivity contribution in [3.63, 3.8) is 0 Å². The molecule has 4 heteroatoms. The molecule has 0 radical (unpaired) electrons. The highest BCUT2D eigenvalue weighted by Gasteiger charge is 2.44. The van der Waals surface area contributed by atoms with Crippen LogP contribution in [-0.2, 0) is 4.79 Å². The molecule has 0 heterocycles. The number of carbonyl (C=O) groups excluding carboxylic acids is 1. The molecule has 1 amide bonds. The molecule has 112 valence electrons. The number of phenolic OH excluding ortho intramolecular Hbond substituents is 1. The van der Waals surface area contributed by atoms with Crippen LogP contribution in [0.4, 0.5) is 0 Å². The Morgan fingerprint density at radius 1 is 1.09 bits per heavy atom. The highest BCUT2D eigenvalue weighted by Crippen LogP contribution is 2.47. The molecule has 0 bridgehead atoms. The minimum atomic E-state index is -0.0952. The molecule has 1 saturated carbocycles. The van der Waals surface area contributed by atoms with Gasteiger partial charge in [-0.25, -0.2) is 0 Å². The number of aliphatic hydroxyl groups is 1. The number of aliphatic hydroxyl groups excluding tert-OH is 1. The van der Waals surface area contributed by atoms with E-state index in [2.05, 4.69) is 5.32 Å². The van der Waals surface area contributed by atoms with Crippen molar-refractivity contribution in [2.45, 2.75) is 12.3 Å². The molecular weight excluding hydrogens is 278 g/mol. The maximum Gasteiger partial charge on any atom is 0.228 e. The SMILES string of the molecule is O=C(N/C(=C/O)c1ccc(O)cc1)[C@H]1C[C@@H]1c1ccccc1. The van der Waals surface area contributed by atoms with Gasteiger partial charge in [0, 0.05) is 11.5 Å². The summed E-state index contributed by atoms with van der Waals surface area (Å²) in [5, 5.41) is 21.4. The van der Waals surface area contributed by atoms with Crippen molar-refractivity contribution in [2.75, 3.05) is 0 Å². The monoisotopic (exact) mass is 295 g/mol. The first-order valence-electron chi connectivity index (χ1n) is 7.18. The van der Waals surface area contributed by atoms with Crippen molar-refractivity contribution in [3.8, 4) is 5.75 Å². The summed E-state index contributed by atoms with van der Waals surface area (Å²) in [5.41, 5.74) is 2.15. The van der Waals surface area contributed by atoms with Gasteiger partial charge < -0.3 is 15.5 Å². The third kappa shape index (κ3) is 2.96. The van der Waals surface area contributed by atoms with Gasteiger partial charge >= 0.3 is 0 Å². The van der Waals surface area contributed by atoms with E-state index in [1.165, 1.54) is 17.7 Å². The number of benzene rings is 2. The third-order valence-corrected chi connectivity index (χ3v) is 3.92. The maximum atomic E-state index is 12.3. The normalized spacial score (nSPS) is 20.5. The summed E-state index contributed by atoms with van der Waals surface area (Å²) in [7, 11) is 0. The predicted molar refractivity (Wildman–Crippen MR) is 84.1 cm³/mol. The second-order valence-electron chi connectivity index (χ2n) is 5.44. The Balaban J connectivity index is 1.66. The van der Waals surface area contributed by atoms with Gasteiger partial charge in [-0.2, -0.15) is 0 Å². The fourth-order valence-corrected chi connectivity index (χ4v) is 2.60. The summed E-state index contributed by atoms with van der Waals surface area (Å²) in [6.07, 6.45) is 1.70. The van der Waals surface area contributed by atoms with E-state index in [9.17, 15) is 15.0 Å². The van der Waals surface area contributed by atoms with Gasteiger partial charge in [-0.3, -0.25) is 4.79 Å². The summed E-state index contributed by atoms with van der Waals surface area (Å²) in [5.74, 6) is 0.233. The van der Waals surface area contributed by atoms with Crippen LogP contribution in [0.15, 0.2) is 60.9 Å². The lowest BCUT2D eigenvalue weighted by Crippen LogP contribution is -2.24. The highest BCUT2D eigenvalue weighted by atomic mass is 16.3. The molecule has 3 rings (SSSR count). The molecule has 22 heavy (non-hydrogen) atoms. The molecular formula is C18H17NO3. The molecule has 1 aliphatic carbocycles. The van der Waals surface area contributed by atoms with Crippen molar-refractivity contribution < 1.29 is 15.0 Å². The number of nitrogens with one attached hydrogen (secondary N) is 1. The number of aromatic hydroxyl groups is 1. The lowest BCUT2D eigenvalue weighted by Gasteiger charge is -2.09. The summed E-state index contributed by atoms with van der Waals surface area (Å²) < 4.78 is 0. The number of hydrogen-bond acceptors (Lipinski definition) is 3. The molecule has 1 aliphatic rings. The maximum absolute atomic E-state index is 12.3. The van der Waals surface area contributed by atoms with Crippen LogP contribution in [0.2, 0.25) is 0 Å². The average molecular weight is 295 g/mol. The van der Waals surface area contributed by atoms with Gasteiger partial charge in [0.1, 0.15) is 12.0 Å². The van der Waals surface area contributed by atoms with Gasteiger partial charge in [-0.05, 0) is 42.2 Å². The smallest absolute Gasteiger partial charge is 0.228 e.